The van der Waals surface area contributed by atoms with E-state index in [1.54, 1.807) is 0 Å². The molecule has 2 aromatic rings. The lowest BCUT2D eigenvalue weighted by atomic mass is 10.1. The van der Waals surface area contributed by atoms with Crippen LogP contribution in [0, 0.1) is 5.82 Å². The lowest BCUT2D eigenvalue weighted by Gasteiger charge is -2.16. The van der Waals surface area contributed by atoms with E-state index in [4.69, 9.17) is 25.8 Å². The van der Waals surface area contributed by atoms with Crippen LogP contribution in [0.5, 0.6) is 11.5 Å². The van der Waals surface area contributed by atoms with Crippen LogP contribution >= 0.6 is 11.6 Å². The molecule has 0 aliphatic carbocycles. The molecule has 0 N–H and O–H groups in total. The topological polar surface area (TPSA) is 61.8 Å². The molecule has 0 saturated carbocycles. The van der Waals surface area contributed by atoms with Crippen LogP contribution in [0.2, 0.25) is 5.02 Å². The molecule has 0 aliphatic heterocycles. The average molecular weight is 381 g/mol. The van der Waals surface area contributed by atoms with Crippen molar-refractivity contribution in [1.29, 1.82) is 0 Å². The summed E-state index contributed by atoms with van der Waals surface area (Å²) in [6.45, 7) is 3.14. The van der Waals surface area contributed by atoms with Crippen LogP contribution in [-0.2, 0) is 4.74 Å². The van der Waals surface area contributed by atoms with E-state index in [1.165, 1.54) is 37.4 Å². The Morgan fingerprint density at radius 3 is 2.50 bits per heavy atom. The van der Waals surface area contributed by atoms with Crippen molar-refractivity contribution in [2.45, 2.75) is 20.0 Å². The molecule has 0 atom stereocenters. The van der Waals surface area contributed by atoms with Crippen LogP contribution in [0.1, 0.15) is 34.6 Å². The Morgan fingerprint density at radius 1 is 1.15 bits per heavy atom. The fourth-order valence-corrected chi connectivity index (χ4v) is 2.40. The number of methoxy groups -OCH3 is 1. The number of hydrogen-bond acceptors (Lipinski definition) is 5. The molecule has 5 nitrogen and oxygen atoms in total. The number of halogens is 2. The van der Waals surface area contributed by atoms with Gasteiger partial charge in [-0.3, -0.25) is 4.79 Å². The molecule has 26 heavy (non-hydrogen) atoms. The number of ketones is 1. The zero-order valence-corrected chi connectivity index (χ0v) is 15.3. The molecule has 0 aliphatic rings. The van der Waals surface area contributed by atoms with E-state index in [-0.39, 0.29) is 28.0 Å². The molecular formula is C19H18ClFO5. The van der Waals surface area contributed by atoms with Gasteiger partial charge >= 0.3 is 5.97 Å². The Morgan fingerprint density at radius 2 is 1.88 bits per heavy atom. The van der Waals surface area contributed by atoms with Crippen LogP contribution in [0.4, 0.5) is 4.39 Å². The number of ether oxygens (including phenoxy) is 3. The van der Waals surface area contributed by atoms with Gasteiger partial charge in [0.1, 0.15) is 5.82 Å². The summed E-state index contributed by atoms with van der Waals surface area (Å²) in [7, 11) is 1.42. The Kier molecular flexibility index (Phi) is 6.58. The van der Waals surface area contributed by atoms with Crippen LogP contribution in [0.15, 0.2) is 36.4 Å². The predicted molar refractivity (Wildman–Crippen MR) is 94.8 cm³/mol. The maximum atomic E-state index is 13.1. The number of rotatable bonds is 7. The Balaban J connectivity index is 2.12. The Bertz CT molecular complexity index is 820. The Labute approximate surface area is 155 Å². The number of hydrogen-bond donors (Lipinski definition) is 0. The lowest BCUT2D eigenvalue weighted by molar-refractivity contribution is 0.0474. The van der Waals surface area contributed by atoms with Gasteiger partial charge in [0.15, 0.2) is 23.9 Å². The first kappa shape index (κ1) is 19.7. The molecule has 138 valence electrons. The molecule has 0 radical (unpaired) electrons. The van der Waals surface area contributed by atoms with Crippen LogP contribution in [0.3, 0.4) is 0 Å². The van der Waals surface area contributed by atoms with Gasteiger partial charge in [-0.05, 0) is 38.1 Å². The van der Waals surface area contributed by atoms with Gasteiger partial charge in [0.25, 0.3) is 0 Å². The van der Waals surface area contributed by atoms with Crippen molar-refractivity contribution in [3.63, 3.8) is 0 Å². The van der Waals surface area contributed by atoms with Gasteiger partial charge in [0.05, 0.1) is 23.8 Å². The van der Waals surface area contributed by atoms with Gasteiger partial charge in [-0.25, -0.2) is 9.18 Å². The summed E-state index contributed by atoms with van der Waals surface area (Å²) in [4.78, 5) is 24.2. The van der Waals surface area contributed by atoms with E-state index in [9.17, 15) is 14.0 Å². The molecular weight excluding hydrogens is 363 g/mol. The molecule has 2 rings (SSSR count). The highest BCUT2D eigenvalue weighted by Gasteiger charge is 2.19. The van der Waals surface area contributed by atoms with Gasteiger partial charge in [0.2, 0.25) is 0 Å². The number of carbonyl (C=O) groups is 2. The number of carbonyl (C=O) groups excluding carboxylic acids is 2. The van der Waals surface area contributed by atoms with Crippen LogP contribution in [0.25, 0.3) is 0 Å². The van der Waals surface area contributed by atoms with Crippen molar-refractivity contribution in [2.24, 2.45) is 0 Å². The van der Waals surface area contributed by atoms with E-state index in [0.29, 0.717) is 5.75 Å². The first-order valence-corrected chi connectivity index (χ1v) is 8.19. The highest BCUT2D eigenvalue weighted by atomic mass is 35.5. The monoisotopic (exact) mass is 380 g/mol. The standard InChI is InChI=1S/C19H18ClFO5/c1-11(2)26-18-15(20)8-13(9-17(18)24-3)19(23)25-10-16(22)12-5-4-6-14(21)7-12/h4-9,11H,10H2,1-3H3. The highest BCUT2D eigenvalue weighted by Crippen LogP contribution is 2.37. The smallest absolute Gasteiger partial charge is 0.338 e. The van der Waals surface area contributed by atoms with E-state index in [2.05, 4.69) is 0 Å². The summed E-state index contributed by atoms with van der Waals surface area (Å²) in [6, 6.07) is 7.93. The van der Waals surface area contributed by atoms with Gasteiger partial charge in [-0.2, -0.15) is 0 Å². The van der Waals surface area contributed by atoms with E-state index >= 15 is 0 Å². The fourth-order valence-electron chi connectivity index (χ4n) is 2.15. The molecule has 0 heterocycles. The quantitative estimate of drug-likeness (QED) is 0.529. The molecule has 0 aromatic heterocycles. The second-order valence-corrected chi connectivity index (χ2v) is 6.07. The number of benzene rings is 2. The molecule has 0 fully saturated rings. The zero-order valence-electron chi connectivity index (χ0n) is 14.5. The fraction of sp³-hybridized carbons (Fsp3) is 0.263. The second kappa shape index (κ2) is 8.67. The molecule has 0 saturated heterocycles. The number of Topliss-reactive ketones (excluding diaryl/α,β-unsaturated/α-hetero) is 1. The van der Waals surface area contributed by atoms with Gasteiger partial charge < -0.3 is 14.2 Å². The van der Waals surface area contributed by atoms with Crippen molar-refractivity contribution in [3.05, 3.63) is 58.4 Å². The van der Waals surface area contributed by atoms with Crippen molar-refractivity contribution in [3.8, 4) is 11.5 Å². The van der Waals surface area contributed by atoms with Gasteiger partial charge in [-0.15, -0.1) is 0 Å². The maximum absolute atomic E-state index is 13.1. The summed E-state index contributed by atoms with van der Waals surface area (Å²) < 4.78 is 28.9. The minimum atomic E-state index is -0.758. The van der Waals surface area contributed by atoms with Gasteiger partial charge in [0, 0.05) is 5.56 Å². The van der Waals surface area contributed by atoms with E-state index < -0.39 is 24.2 Å². The Hall–Kier alpha value is -2.60. The number of esters is 1. The largest absolute Gasteiger partial charge is 0.493 e. The van der Waals surface area contributed by atoms with Crippen molar-refractivity contribution in [2.75, 3.05) is 13.7 Å². The second-order valence-electron chi connectivity index (χ2n) is 5.67. The molecule has 0 amide bonds. The van der Waals surface area contributed by atoms with Crippen molar-refractivity contribution < 1.29 is 28.2 Å². The minimum Gasteiger partial charge on any atom is -0.493 e. The zero-order chi connectivity index (χ0) is 19.3. The normalized spacial score (nSPS) is 10.5. The third-order valence-electron chi connectivity index (χ3n) is 3.30. The minimum absolute atomic E-state index is 0.106. The molecule has 0 bridgehead atoms. The van der Waals surface area contributed by atoms with Crippen LogP contribution in [-0.4, -0.2) is 31.6 Å². The molecule has 0 spiro atoms. The summed E-state index contributed by atoms with van der Waals surface area (Å²) in [5, 5.41) is 0.182. The highest BCUT2D eigenvalue weighted by molar-refractivity contribution is 6.32. The molecule has 0 unspecified atom stereocenters. The predicted octanol–water partition coefficient (Wildman–Crippen LogP) is 4.31. The first-order chi connectivity index (χ1) is 12.3. The van der Waals surface area contributed by atoms with Gasteiger partial charge in [-0.1, -0.05) is 23.7 Å². The summed E-state index contributed by atoms with van der Waals surface area (Å²) in [5.41, 5.74) is 0.226. The van der Waals surface area contributed by atoms with E-state index in [0.717, 1.165) is 6.07 Å². The third-order valence-corrected chi connectivity index (χ3v) is 3.58. The first-order valence-electron chi connectivity index (χ1n) is 7.82. The van der Waals surface area contributed by atoms with Crippen molar-refractivity contribution >= 4 is 23.4 Å². The average Bonchev–Trinajstić information content (AvgIpc) is 2.60. The maximum Gasteiger partial charge on any atom is 0.338 e. The lowest BCUT2D eigenvalue weighted by Crippen LogP contribution is -2.15. The van der Waals surface area contributed by atoms with E-state index in [1.807, 2.05) is 13.8 Å². The summed E-state index contributed by atoms with van der Waals surface area (Å²) in [6.07, 6.45) is -0.136. The van der Waals surface area contributed by atoms with Crippen molar-refractivity contribution in [1.82, 2.24) is 0 Å². The molecule has 2 aromatic carbocycles. The van der Waals surface area contributed by atoms with Crippen LogP contribution < -0.4 is 9.47 Å². The third kappa shape index (κ3) is 4.95. The molecule has 7 heteroatoms. The summed E-state index contributed by atoms with van der Waals surface area (Å²) in [5.74, 6) is -1.23. The SMILES string of the molecule is COc1cc(C(=O)OCC(=O)c2cccc(F)c2)cc(Cl)c1OC(C)C. The summed E-state index contributed by atoms with van der Waals surface area (Å²) >= 11 is 6.16.